The second-order valence-corrected chi connectivity index (χ2v) is 3.17. The van der Waals surface area contributed by atoms with Crippen molar-refractivity contribution >= 4 is 11.8 Å². The average Bonchev–Trinajstić information content (AvgIpc) is 2.07. The van der Waals surface area contributed by atoms with Gasteiger partial charge in [-0.05, 0) is 6.07 Å². The van der Waals surface area contributed by atoms with Crippen LogP contribution in [0.3, 0.4) is 0 Å². The molecule has 0 aromatic carbocycles. The van der Waals surface area contributed by atoms with Gasteiger partial charge in [0.2, 0.25) is 0 Å². The topological polar surface area (TPSA) is 38.9 Å². The Kier molecular flexibility index (Phi) is 4.01. The van der Waals surface area contributed by atoms with Crippen molar-refractivity contribution in [3.63, 3.8) is 0 Å². The van der Waals surface area contributed by atoms with Crippen LogP contribution in [-0.4, -0.2) is 17.3 Å². The summed E-state index contributed by atoms with van der Waals surface area (Å²) < 4.78 is 0. The molecule has 0 spiro atoms. The first kappa shape index (κ1) is 8.56. The summed E-state index contributed by atoms with van der Waals surface area (Å²) in [7, 11) is 0. The fourth-order valence-corrected chi connectivity index (χ4v) is 1.35. The predicted octanol–water partition coefficient (Wildman–Crippen LogP) is 1.07. The summed E-state index contributed by atoms with van der Waals surface area (Å²) in [4.78, 5) is 4.13. The van der Waals surface area contributed by atoms with Gasteiger partial charge in [-0.25, -0.2) is 0 Å². The van der Waals surface area contributed by atoms with Crippen molar-refractivity contribution in [2.45, 2.75) is 5.75 Å². The molecule has 0 aliphatic carbocycles. The molecule has 0 unspecified atom stereocenters. The molecule has 1 rings (SSSR count). The third-order valence-corrected chi connectivity index (χ3v) is 2.17. The van der Waals surface area contributed by atoms with Gasteiger partial charge in [0.25, 0.3) is 0 Å². The monoisotopic (exact) mass is 167 g/mol. The van der Waals surface area contributed by atoms with E-state index in [0.717, 1.165) is 23.7 Å². The molecule has 1 aromatic rings. The molecule has 1 aromatic heterocycles. The van der Waals surface area contributed by atoms with E-state index in [1.165, 1.54) is 0 Å². The first-order chi connectivity index (χ1) is 5.43. The Morgan fingerprint density at radius 1 is 1.64 bits per heavy atom. The second-order valence-electron chi connectivity index (χ2n) is 2.07. The predicted molar refractivity (Wildman–Crippen MR) is 48.3 cm³/mol. The molecule has 59 valence electrons. The summed E-state index contributed by atoms with van der Waals surface area (Å²) in [6.07, 6.45) is 1.79. The van der Waals surface area contributed by atoms with Crippen molar-refractivity contribution in [3.8, 4) is 0 Å². The molecule has 0 fully saturated rings. The maximum Gasteiger partial charge on any atom is 0.0581 e. The maximum absolute atomic E-state index is 5.34. The van der Waals surface area contributed by atoms with Crippen molar-refractivity contribution in [2.75, 3.05) is 12.3 Å². The van der Waals surface area contributed by atoms with Crippen LogP contribution in [0.4, 0.5) is 0 Å². The van der Waals surface area contributed by atoms with Gasteiger partial charge in [-0.3, -0.25) is 4.98 Å². The molecule has 0 saturated carbocycles. The van der Waals surface area contributed by atoms with E-state index in [1.54, 1.807) is 18.0 Å². The summed E-state index contributed by atoms with van der Waals surface area (Å²) in [5, 5.41) is 0. The number of pyridine rings is 1. The van der Waals surface area contributed by atoms with Crippen LogP contribution in [0.1, 0.15) is 5.69 Å². The van der Waals surface area contributed by atoms with Gasteiger partial charge in [0.1, 0.15) is 0 Å². The van der Waals surface area contributed by atoms with E-state index in [-0.39, 0.29) is 0 Å². The van der Waals surface area contributed by atoms with Crippen molar-refractivity contribution in [1.29, 1.82) is 0 Å². The standard InChI is InChI=1S/C8H11N2S/c9-4-6-11-7-8-3-1-2-5-10-8/h1-2,5H,4,6-7,9H2. The Hall–Kier alpha value is -0.540. The highest BCUT2D eigenvalue weighted by Crippen LogP contribution is 2.06. The first-order valence-electron chi connectivity index (χ1n) is 3.53. The second kappa shape index (κ2) is 5.16. The zero-order chi connectivity index (χ0) is 7.94. The van der Waals surface area contributed by atoms with Crippen LogP contribution in [0.25, 0.3) is 0 Å². The number of nitrogens with two attached hydrogens (primary N) is 1. The third-order valence-electron chi connectivity index (χ3n) is 1.16. The van der Waals surface area contributed by atoms with Crippen molar-refractivity contribution < 1.29 is 0 Å². The number of aromatic nitrogens is 1. The van der Waals surface area contributed by atoms with Gasteiger partial charge in [-0.2, -0.15) is 11.8 Å². The van der Waals surface area contributed by atoms with Gasteiger partial charge < -0.3 is 5.73 Å². The fraction of sp³-hybridized carbons (Fsp3) is 0.375. The van der Waals surface area contributed by atoms with Crippen LogP contribution in [0, 0.1) is 6.07 Å². The summed E-state index contributed by atoms with van der Waals surface area (Å²) in [6.45, 7) is 0.734. The molecule has 2 N–H and O–H groups in total. The number of thioether (sulfide) groups is 1. The van der Waals surface area contributed by atoms with Crippen molar-refractivity contribution in [3.05, 3.63) is 30.1 Å². The van der Waals surface area contributed by atoms with Gasteiger partial charge >= 0.3 is 0 Å². The Morgan fingerprint density at radius 3 is 3.18 bits per heavy atom. The largest absolute Gasteiger partial charge is 0.330 e. The molecule has 0 bridgehead atoms. The van der Waals surface area contributed by atoms with Gasteiger partial charge in [0.05, 0.1) is 5.69 Å². The van der Waals surface area contributed by atoms with Crippen LogP contribution in [0.15, 0.2) is 18.3 Å². The molecular formula is C8H11N2S. The summed E-state index contributed by atoms with van der Waals surface area (Å²) in [6, 6.07) is 6.81. The molecule has 0 saturated heterocycles. The highest BCUT2D eigenvalue weighted by atomic mass is 32.2. The van der Waals surface area contributed by atoms with E-state index in [0.29, 0.717) is 0 Å². The lowest BCUT2D eigenvalue weighted by Crippen LogP contribution is -2.01. The van der Waals surface area contributed by atoms with Crippen LogP contribution in [0.2, 0.25) is 0 Å². The highest BCUT2D eigenvalue weighted by molar-refractivity contribution is 7.98. The lowest BCUT2D eigenvalue weighted by atomic mass is 10.4. The Balaban J connectivity index is 2.28. The first-order valence-corrected chi connectivity index (χ1v) is 4.68. The van der Waals surface area contributed by atoms with Gasteiger partial charge in [-0.1, -0.05) is 6.07 Å². The van der Waals surface area contributed by atoms with Crippen LogP contribution < -0.4 is 5.73 Å². The third kappa shape index (κ3) is 3.39. The summed E-state index contributed by atoms with van der Waals surface area (Å²) >= 11 is 1.79. The number of nitrogens with zero attached hydrogens (tertiary/aromatic N) is 1. The molecule has 0 amide bonds. The number of hydrogen-bond acceptors (Lipinski definition) is 3. The molecule has 0 atom stereocenters. The quantitative estimate of drug-likeness (QED) is 0.682. The molecule has 1 heterocycles. The molecule has 0 aliphatic heterocycles. The van der Waals surface area contributed by atoms with Crippen LogP contribution in [-0.2, 0) is 5.75 Å². The van der Waals surface area contributed by atoms with Crippen molar-refractivity contribution in [2.24, 2.45) is 5.73 Å². The number of rotatable bonds is 4. The van der Waals surface area contributed by atoms with E-state index in [4.69, 9.17) is 5.73 Å². The van der Waals surface area contributed by atoms with E-state index in [2.05, 4.69) is 11.1 Å². The molecule has 3 heteroatoms. The molecule has 0 aliphatic rings. The minimum atomic E-state index is 0.734. The van der Waals surface area contributed by atoms with E-state index in [1.807, 2.05) is 12.1 Å². The fourth-order valence-electron chi connectivity index (χ4n) is 0.689. The average molecular weight is 167 g/mol. The Bertz CT molecular complexity index is 189. The Labute approximate surface area is 71.2 Å². The molecule has 2 nitrogen and oxygen atoms in total. The van der Waals surface area contributed by atoms with Gasteiger partial charge in [0, 0.05) is 30.3 Å². The lowest BCUT2D eigenvalue weighted by Gasteiger charge is -1.96. The Morgan fingerprint density at radius 2 is 2.55 bits per heavy atom. The smallest absolute Gasteiger partial charge is 0.0581 e. The zero-order valence-electron chi connectivity index (χ0n) is 6.29. The van der Waals surface area contributed by atoms with E-state index in [9.17, 15) is 0 Å². The van der Waals surface area contributed by atoms with Gasteiger partial charge in [0.15, 0.2) is 0 Å². The van der Waals surface area contributed by atoms with E-state index >= 15 is 0 Å². The SMILES string of the molecule is NCCSCc1[c]cccn1. The zero-order valence-corrected chi connectivity index (χ0v) is 7.10. The van der Waals surface area contributed by atoms with Crippen molar-refractivity contribution in [1.82, 2.24) is 4.98 Å². The minimum absolute atomic E-state index is 0.734. The van der Waals surface area contributed by atoms with Crippen LogP contribution in [0.5, 0.6) is 0 Å². The molecular weight excluding hydrogens is 156 g/mol. The highest BCUT2D eigenvalue weighted by Gasteiger charge is 1.91. The van der Waals surface area contributed by atoms with Gasteiger partial charge in [-0.15, -0.1) is 0 Å². The minimum Gasteiger partial charge on any atom is -0.330 e. The van der Waals surface area contributed by atoms with Crippen LogP contribution >= 0.6 is 11.8 Å². The normalized spacial score (nSPS) is 9.91. The number of hydrogen-bond donors (Lipinski definition) is 1. The van der Waals surface area contributed by atoms with E-state index < -0.39 is 0 Å². The lowest BCUT2D eigenvalue weighted by molar-refractivity contribution is 1.13. The molecule has 1 radical (unpaired) electrons. The summed E-state index contributed by atoms with van der Waals surface area (Å²) in [5.74, 6) is 1.91. The molecule has 11 heavy (non-hydrogen) atoms. The summed E-state index contributed by atoms with van der Waals surface area (Å²) in [5.41, 5.74) is 6.35. The maximum atomic E-state index is 5.34.